The van der Waals surface area contributed by atoms with Crippen molar-refractivity contribution in [3.05, 3.63) is 22.9 Å². The first-order valence-electron chi connectivity index (χ1n) is 4.44. The molecule has 17 heavy (non-hydrogen) atoms. The highest BCUT2D eigenvalue weighted by Gasteiger charge is 2.37. The van der Waals surface area contributed by atoms with Gasteiger partial charge in [0.2, 0.25) is 5.88 Å². The normalized spacial score (nSPS) is 12.0. The second-order valence-corrected chi connectivity index (χ2v) is 3.10. The Kier molecular flexibility index (Phi) is 3.87. The van der Waals surface area contributed by atoms with E-state index in [9.17, 15) is 22.0 Å². The van der Waals surface area contributed by atoms with Crippen LogP contribution in [0.1, 0.15) is 23.2 Å². The minimum atomic E-state index is -4.76. The van der Waals surface area contributed by atoms with Crippen molar-refractivity contribution in [2.45, 2.75) is 19.1 Å². The molecule has 0 aromatic carbocycles. The van der Waals surface area contributed by atoms with Gasteiger partial charge in [-0.2, -0.15) is 13.2 Å². The van der Waals surface area contributed by atoms with Gasteiger partial charge in [0, 0.05) is 6.54 Å². The number of rotatable bonds is 3. The summed E-state index contributed by atoms with van der Waals surface area (Å²) < 4.78 is 67.0. The fourth-order valence-corrected chi connectivity index (χ4v) is 1.28. The molecule has 0 amide bonds. The Balaban J connectivity index is 3.44. The molecule has 0 spiro atoms. The smallest absolute Gasteiger partial charge is 0.433 e. The SMILES string of the molecule is COc1nc(C(F)(F)F)c(CN)cc1C(F)F. The van der Waals surface area contributed by atoms with Gasteiger partial charge in [-0.05, 0) is 11.6 Å². The highest BCUT2D eigenvalue weighted by molar-refractivity contribution is 5.36. The van der Waals surface area contributed by atoms with Crippen molar-refractivity contribution in [1.29, 1.82) is 0 Å². The van der Waals surface area contributed by atoms with Gasteiger partial charge in [0.15, 0.2) is 5.69 Å². The van der Waals surface area contributed by atoms with Gasteiger partial charge in [0.05, 0.1) is 12.7 Å². The molecule has 8 heteroatoms. The van der Waals surface area contributed by atoms with Crippen molar-refractivity contribution in [2.75, 3.05) is 7.11 Å². The van der Waals surface area contributed by atoms with E-state index in [2.05, 4.69) is 9.72 Å². The summed E-state index contributed by atoms with van der Waals surface area (Å²) in [6, 6.07) is 0.666. The zero-order chi connectivity index (χ0) is 13.2. The Morgan fingerprint density at radius 2 is 2.00 bits per heavy atom. The van der Waals surface area contributed by atoms with Gasteiger partial charge in [0.1, 0.15) is 0 Å². The zero-order valence-electron chi connectivity index (χ0n) is 8.68. The maximum Gasteiger partial charge on any atom is 0.433 e. The minimum Gasteiger partial charge on any atom is -0.481 e. The molecule has 0 bridgehead atoms. The monoisotopic (exact) mass is 256 g/mol. The number of nitrogens with zero attached hydrogens (tertiary/aromatic N) is 1. The van der Waals surface area contributed by atoms with Crippen LogP contribution in [0.5, 0.6) is 5.88 Å². The number of ether oxygens (including phenoxy) is 1. The van der Waals surface area contributed by atoms with E-state index in [1.54, 1.807) is 0 Å². The Morgan fingerprint density at radius 1 is 1.41 bits per heavy atom. The number of halogens is 5. The second-order valence-electron chi connectivity index (χ2n) is 3.10. The molecule has 0 aliphatic carbocycles. The van der Waals surface area contributed by atoms with Crippen molar-refractivity contribution in [2.24, 2.45) is 5.73 Å². The lowest BCUT2D eigenvalue weighted by molar-refractivity contribution is -0.142. The summed E-state index contributed by atoms with van der Waals surface area (Å²) in [5.41, 5.74) is 2.58. The first-order chi connectivity index (χ1) is 7.81. The highest BCUT2D eigenvalue weighted by atomic mass is 19.4. The number of alkyl halides is 5. The molecule has 3 nitrogen and oxygen atoms in total. The number of methoxy groups -OCH3 is 1. The molecule has 1 aromatic rings. The van der Waals surface area contributed by atoms with Crippen molar-refractivity contribution in [3.63, 3.8) is 0 Å². The van der Waals surface area contributed by atoms with Crippen LogP contribution in [0.25, 0.3) is 0 Å². The summed E-state index contributed by atoms with van der Waals surface area (Å²) in [6.07, 6.45) is -7.74. The maximum atomic E-state index is 12.5. The van der Waals surface area contributed by atoms with Crippen LogP contribution in [0.4, 0.5) is 22.0 Å². The van der Waals surface area contributed by atoms with Gasteiger partial charge < -0.3 is 10.5 Å². The van der Waals surface area contributed by atoms with Crippen LogP contribution in [0, 0.1) is 0 Å². The summed E-state index contributed by atoms with van der Waals surface area (Å²) >= 11 is 0. The molecule has 1 rings (SSSR count). The lowest BCUT2D eigenvalue weighted by atomic mass is 10.1. The van der Waals surface area contributed by atoms with Gasteiger partial charge in [-0.1, -0.05) is 0 Å². The minimum absolute atomic E-state index is 0.492. The summed E-state index contributed by atoms with van der Waals surface area (Å²) in [4.78, 5) is 3.05. The van der Waals surface area contributed by atoms with Gasteiger partial charge in [-0.15, -0.1) is 0 Å². The predicted octanol–water partition coefficient (Wildman–Crippen LogP) is 2.51. The van der Waals surface area contributed by atoms with Crippen LogP contribution >= 0.6 is 0 Å². The standard InChI is InChI=1S/C9H9F5N2O/c1-17-8-5(7(10)11)2-4(3-15)6(16-8)9(12,13)14/h2,7H,3,15H2,1H3. The first kappa shape index (κ1) is 13.6. The fourth-order valence-electron chi connectivity index (χ4n) is 1.28. The van der Waals surface area contributed by atoms with E-state index in [4.69, 9.17) is 5.73 Å². The number of nitrogens with two attached hydrogens (primary N) is 1. The molecule has 0 atom stereocenters. The van der Waals surface area contributed by atoms with Gasteiger partial charge in [-0.25, -0.2) is 13.8 Å². The largest absolute Gasteiger partial charge is 0.481 e. The lowest BCUT2D eigenvalue weighted by Gasteiger charge is -2.14. The fraction of sp³-hybridized carbons (Fsp3) is 0.444. The Morgan fingerprint density at radius 3 is 2.35 bits per heavy atom. The lowest BCUT2D eigenvalue weighted by Crippen LogP contribution is -2.16. The van der Waals surface area contributed by atoms with E-state index in [-0.39, 0.29) is 0 Å². The van der Waals surface area contributed by atoms with Crippen molar-refractivity contribution >= 4 is 0 Å². The second kappa shape index (κ2) is 4.82. The Hall–Kier alpha value is -1.44. The topological polar surface area (TPSA) is 48.1 Å². The molecule has 0 fully saturated rings. The molecule has 0 saturated heterocycles. The molecule has 0 radical (unpaired) electrons. The molecule has 0 saturated carbocycles. The number of hydrogen-bond acceptors (Lipinski definition) is 3. The Labute approximate surface area is 93.4 Å². The van der Waals surface area contributed by atoms with Crippen molar-refractivity contribution in [3.8, 4) is 5.88 Å². The zero-order valence-corrected chi connectivity index (χ0v) is 8.68. The van der Waals surface area contributed by atoms with E-state index in [1.165, 1.54) is 0 Å². The van der Waals surface area contributed by atoms with Crippen LogP contribution in [0.3, 0.4) is 0 Å². The Bertz CT molecular complexity index is 405. The van der Waals surface area contributed by atoms with E-state index < -0.39 is 41.8 Å². The van der Waals surface area contributed by atoms with E-state index in [0.717, 1.165) is 7.11 Å². The summed E-state index contributed by atoms with van der Waals surface area (Å²) in [6.45, 7) is -0.536. The van der Waals surface area contributed by atoms with Crippen LogP contribution < -0.4 is 10.5 Å². The van der Waals surface area contributed by atoms with Crippen LogP contribution in [-0.2, 0) is 12.7 Å². The average Bonchev–Trinajstić information content (AvgIpc) is 2.25. The maximum absolute atomic E-state index is 12.5. The third-order valence-electron chi connectivity index (χ3n) is 2.01. The number of pyridine rings is 1. The third-order valence-corrected chi connectivity index (χ3v) is 2.01. The van der Waals surface area contributed by atoms with Crippen molar-refractivity contribution in [1.82, 2.24) is 4.98 Å². The van der Waals surface area contributed by atoms with Crippen LogP contribution in [0.2, 0.25) is 0 Å². The number of aromatic nitrogens is 1. The average molecular weight is 256 g/mol. The quantitative estimate of drug-likeness (QED) is 0.845. The predicted molar refractivity (Wildman–Crippen MR) is 48.6 cm³/mol. The van der Waals surface area contributed by atoms with Gasteiger partial charge in [-0.3, -0.25) is 0 Å². The molecule has 0 aliphatic rings. The summed E-state index contributed by atoms with van der Waals surface area (Å²) in [5.74, 6) is -0.746. The van der Waals surface area contributed by atoms with Crippen molar-refractivity contribution < 1.29 is 26.7 Å². The number of hydrogen-bond donors (Lipinski definition) is 1. The molecular formula is C9H9F5N2O. The molecule has 0 unspecified atom stereocenters. The van der Waals surface area contributed by atoms with Crippen LogP contribution in [-0.4, -0.2) is 12.1 Å². The highest BCUT2D eigenvalue weighted by Crippen LogP contribution is 2.36. The molecule has 0 aliphatic heterocycles. The molecule has 2 N–H and O–H groups in total. The van der Waals surface area contributed by atoms with Gasteiger partial charge in [0.25, 0.3) is 6.43 Å². The molecule has 1 aromatic heterocycles. The van der Waals surface area contributed by atoms with E-state index in [1.807, 2.05) is 0 Å². The summed E-state index contributed by atoms with van der Waals surface area (Å²) in [5, 5.41) is 0. The molecular weight excluding hydrogens is 247 g/mol. The van der Waals surface area contributed by atoms with E-state index >= 15 is 0 Å². The van der Waals surface area contributed by atoms with Crippen LogP contribution in [0.15, 0.2) is 6.07 Å². The molecule has 96 valence electrons. The first-order valence-corrected chi connectivity index (χ1v) is 4.44. The molecule has 1 heterocycles. The summed E-state index contributed by atoms with van der Waals surface area (Å²) in [7, 11) is 0.969. The third kappa shape index (κ3) is 2.82. The van der Waals surface area contributed by atoms with E-state index in [0.29, 0.717) is 6.07 Å². The van der Waals surface area contributed by atoms with Gasteiger partial charge >= 0.3 is 6.18 Å².